The molecule has 0 unspecified atom stereocenters. The number of rotatable bonds is 2. The van der Waals surface area contributed by atoms with E-state index in [4.69, 9.17) is 5.73 Å². The lowest BCUT2D eigenvalue weighted by molar-refractivity contribution is 0.434. The topological polar surface area (TPSA) is 87.8 Å². The van der Waals surface area contributed by atoms with Gasteiger partial charge in [-0.2, -0.15) is 0 Å². The van der Waals surface area contributed by atoms with E-state index in [1.165, 1.54) is 11.6 Å². The summed E-state index contributed by atoms with van der Waals surface area (Å²) in [5.41, 5.74) is 5.63. The molecule has 0 amide bonds. The average Bonchev–Trinajstić information content (AvgIpc) is 2.60. The normalized spacial score (nSPS) is 12.3. The number of fused-ring (bicyclic) bond motifs is 1. The molecule has 2 aromatic rings. The molecule has 0 aliphatic carbocycles. The van der Waals surface area contributed by atoms with Gasteiger partial charge in [0, 0.05) is 26.2 Å². The van der Waals surface area contributed by atoms with Crippen LogP contribution < -0.4 is 17.0 Å². The van der Waals surface area contributed by atoms with Crippen LogP contribution >= 0.6 is 0 Å². The predicted molar refractivity (Wildman–Crippen MR) is 73.2 cm³/mol. The second-order valence-corrected chi connectivity index (χ2v) is 5.61. The minimum absolute atomic E-state index is 0.344. The monoisotopic (exact) mass is 265 g/mol. The van der Waals surface area contributed by atoms with Gasteiger partial charge in [0.2, 0.25) is 0 Å². The lowest BCUT2D eigenvalue weighted by Crippen LogP contribution is -2.40. The molecule has 0 bridgehead atoms. The molecule has 0 spiro atoms. The first-order valence-corrected chi connectivity index (χ1v) is 6.05. The van der Waals surface area contributed by atoms with Crippen molar-refractivity contribution in [1.82, 2.24) is 18.7 Å². The lowest BCUT2D eigenvalue weighted by Gasteiger charge is -2.20. The van der Waals surface area contributed by atoms with Gasteiger partial charge < -0.3 is 10.3 Å². The van der Waals surface area contributed by atoms with Crippen LogP contribution in [0.25, 0.3) is 11.2 Å². The van der Waals surface area contributed by atoms with E-state index in [1.54, 1.807) is 18.5 Å². The third-order valence-electron chi connectivity index (χ3n) is 3.10. The smallest absolute Gasteiger partial charge is 0.324 e. The quantitative estimate of drug-likeness (QED) is 0.791. The van der Waals surface area contributed by atoms with Gasteiger partial charge in [0.25, 0.3) is 5.56 Å². The maximum Gasteiger partial charge on any atom is 0.332 e. The van der Waals surface area contributed by atoms with Gasteiger partial charge in [0.05, 0.1) is 0 Å². The Hall–Kier alpha value is -1.89. The summed E-state index contributed by atoms with van der Waals surface area (Å²) < 4.78 is 4.24. The van der Waals surface area contributed by atoms with Crippen molar-refractivity contribution in [2.45, 2.75) is 32.9 Å². The van der Waals surface area contributed by atoms with E-state index < -0.39 is 5.54 Å². The fourth-order valence-electron chi connectivity index (χ4n) is 2.16. The fourth-order valence-corrected chi connectivity index (χ4v) is 2.16. The van der Waals surface area contributed by atoms with Crippen molar-refractivity contribution in [1.29, 1.82) is 0 Å². The van der Waals surface area contributed by atoms with E-state index in [-0.39, 0.29) is 11.2 Å². The molecule has 19 heavy (non-hydrogen) atoms. The maximum absolute atomic E-state index is 12.3. The van der Waals surface area contributed by atoms with Crippen LogP contribution in [0.4, 0.5) is 0 Å². The molecule has 2 aromatic heterocycles. The van der Waals surface area contributed by atoms with E-state index in [1.807, 2.05) is 13.8 Å². The van der Waals surface area contributed by atoms with E-state index in [9.17, 15) is 9.59 Å². The summed E-state index contributed by atoms with van der Waals surface area (Å²) in [5.74, 6) is 0.673. The number of hydrogen-bond acceptors (Lipinski definition) is 4. The van der Waals surface area contributed by atoms with Gasteiger partial charge >= 0.3 is 5.69 Å². The molecule has 0 aliphatic heterocycles. The fraction of sp³-hybridized carbons (Fsp3) is 0.583. The molecule has 7 heteroatoms. The highest BCUT2D eigenvalue weighted by atomic mass is 16.2. The Morgan fingerprint density at radius 2 is 1.79 bits per heavy atom. The van der Waals surface area contributed by atoms with Crippen LogP contribution in [0.3, 0.4) is 0 Å². The van der Waals surface area contributed by atoms with Crippen LogP contribution in [0.15, 0.2) is 9.59 Å². The Labute approximate surface area is 110 Å². The second kappa shape index (κ2) is 4.06. The van der Waals surface area contributed by atoms with Gasteiger partial charge in [-0.25, -0.2) is 9.78 Å². The van der Waals surface area contributed by atoms with Crippen LogP contribution in [0.2, 0.25) is 0 Å². The first kappa shape index (κ1) is 13.5. The van der Waals surface area contributed by atoms with Crippen molar-refractivity contribution in [3.63, 3.8) is 0 Å². The largest absolute Gasteiger partial charge is 0.332 e. The molecule has 0 saturated carbocycles. The predicted octanol–water partition coefficient (Wildman–Crippen LogP) is -0.521. The van der Waals surface area contributed by atoms with Crippen molar-refractivity contribution in [2.75, 3.05) is 0 Å². The van der Waals surface area contributed by atoms with Crippen LogP contribution in [0.1, 0.15) is 19.7 Å². The van der Waals surface area contributed by atoms with Crippen LogP contribution in [0, 0.1) is 6.92 Å². The van der Waals surface area contributed by atoms with Gasteiger partial charge in [0.1, 0.15) is 5.82 Å². The molecule has 0 atom stereocenters. The Morgan fingerprint density at radius 3 is 2.32 bits per heavy atom. The first-order valence-electron chi connectivity index (χ1n) is 6.05. The van der Waals surface area contributed by atoms with Gasteiger partial charge in [-0.3, -0.25) is 13.9 Å². The molecular formula is C12H19N5O2. The summed E-state index contributed by atoms with van der Waals surface area (Å²) in [6.07, 6.45) is 0. The number of imidazole rings is 1. The highest BCUT2D eigenvalue weighted by Gasteiger charge is 2.20. The second-order valence-electron chi connectivity index (χ2n) is 5.61. The zero-order chi connectivity index (χ0) is 14.5. The minimum Gasteiger partial charge on any atom is -0.324 e. The Bertz CT molecular complexity index is 757. The first-order chi connectivity index (χ1) is 8.63. The standard InChI is InChI=1S/C12H19N5O2/c1-7-14-9-8(17(7)6-12(2,3)13)10(18)16(5)11(19)15(9)4/h6,13H2,1-5H3. The zero-order valence-electron chi connectivity index (χ0n) is 11.9. The summed E-state index contributed by atoms with van der Waals surface area (Å²) in [7, 11) is 3.07. The Morgan fingerprint density at radius 1 is 1.21 bits per heavy atom. The summed E-state index contributed by atoms with van der Waals surface area (Å²) in [4.78, 5) is 28.4. The summed E-state index contributed by atoms with van der Waals surface area (Å²) >= 11 is 0. The molecule has 104 valence electrons. The van der Waals surface area contributed by atoms with Gasteiger partial charge in [0.15, 0.2) is 11.2 Å². The van der Waals surface area contributed by atoms with Crippen molar-refractivity contribution in [3.8, 4) is 0 Å². The van der Waals surface area contributed by atoms with Crippen molar-refractivity contribution >= 4 is 11.2 Å². The Balaban J connectivity index is 2.92. The number of nitrogens with two attached hydrogens (primary N) is 1. The number of aromatic nitrogens is 4. The van der Waals surface area contributed by atoms with Gasteiger partial charge in [-0.15, -0.1) is 0 Å². The molecular weight excluding hydrogens is 246 g/mol. The molecule has 0 radical (unpaired) electrons. The summed E-state index contributed by atoms with van der Waals surface area (Å²) in [5, 5.41) is 0. The van der Waals surface area contributed by atoms with E-state index >= 15 is 0 Å². The third-order valence-corrected chi connectivity index (χ3v) is 3.10. The van der Waals surface area contributed by atoms with Crippen molar-refractivity contribution in [3.05, 3.63) is 26.7 Å². The third kappa shape index (κ3) is 2.10. The van der Waals surface area contributed by atoms with Gasteiger partial charge in [-0.05, 0) is 20.8 Å². The molecule has 2 heterocycles. The molecule has 2 N–H and O–H groups in total. The summed E-state index contributed by atoms with van der Waals surface area (Å²) in [6, 6.07) is 0. The van der Waals surface area contributed by atoms with Gasteiger partial charge in [-0.1, -0.05) is 0 Å². The zero-order valence-corrected chi connectivity index (χ0v) is 11.9. The molecule has 0 aliphatic rings. The van der Waals surface area contributed by atoms with Crippen LogP contribution in [0.5, 0.6) is 0 Å². The number of hydrogen-bond donors (Lipinski definition) is 1. The molecule has 0 aromatic carbocycles. The van der Waals surface area contributed by atoms with E-state index in [0.717, 1.165) is 4.57 Å². The molecule has 0 saturated heterocycles. The average molecular weight is 265 g/mol. The molecule has 2 rings (SSSR count). The number of aryl methyl sites for hydroxylation is 2. The van der Waals surface area contributed by atoms with Crippen LogP contribution in [-0.2, 0) is 20.6 Å². The van der Waals surface area contributed by atoms with Crippen molar-refractivity contribution < 1.29 is 0 Å². The molecule has 7 nitrogen and oxygen atoms in total. The minimum atomic E-state index is -0.474. The maximum atomic E-state index is 12.3. The van der Waals surface area contributed by atoms with Crippen molar-refractivity contribution in [2.24, 2.45) is 19.8 Å². The van der Waals surface area contributed by atoms with E-state index in [0.29, 0.717) is 23.5 Å². The highest BCUT2D eigenvalue weighted by Crippen LogP contribution is 2.13. The lowest BCUT2D eigenvalue weighted by atomic mass is 10.1. The SMILES string of the molecule is Cc1nc2c(c(=O)n(C)c(=O)n2C)n1CC(C)(C)N. The number of nitrogens with zero attached hydrogens (tertiary/aromatic N) is 4. The highest BCUT2D eigenvalue weighted by molar-refractivity contribution is 5.71. The van der Waals surface area contributed by atoms with E-state index in [2.05, 4.69) is 4.98 Å². The van der Waals surface area contributed by atoms with Crippen LogP contribution in [-0.4, -0.2) is 24.2 Å². The summed E-state index contributed by atoms with van der Waals surface area (Å²) in [6.45, 7) is 6.02. The molecule has 0 fully saturated rings. The Kier molecular flexibility index (Phi) is 2.89.